The van der Waals surface area contributed by atoms with Crippen LogP contribution in [0.15, 0.2) is 16.6 Å². The van der Waals surface area contributed by atoms with E-state index in [1.165, 1.54) is 12.0 Å². The highest BCUT2D eigenvalue weighted by atomic mass is 79.9. The van der Waals surface area contributed by atoms with Gasteiger partial charge in [-0.15, -0.1) is 0 Å². The Morgan fingerprint density at radius 3 is 2.81 bits per heavy atom. The van der Waals surface area contributed by atoms with Gasteiger partial charge in [0.15, 0.2) is 0 Å². The smallest absolute Gasteiger partial charge is 0.107 e. The van der Waals surface area contributed by atoms with Gasteiger partial charge in [0.05, 0.1) is 11.0 Å². The van der Waals surface area contributed by atoms with Crippen LogP contribution in [-0.2, 0) is 6.42 Å². The molecule has 0 aliphatic rings. The monoisotopic (exact) mass is 280 g/mol. The molecule has 1 aromatic heterocycles. The van der Waals surface area contributed by atoms with Crippen molar-refractivity contribution in [1.29, 1.82) is 0 Å². The minimum absolute atomic E-state index is 0.723. The Balaban J connectivity index is 2.33. The summed E-state index contributed by atoms with van der Waals surface area (Å²) in [7, 11) is 0. The molecule has 2 nitrogen and oxygen atoms in total. The molecule has 1 heterocycles. The molecule has 0 radical (unpaired) electrons. The van der Waals surface area contributed by atoms with Crippen LogP contribution in [0.5, 0.6) is 0 Å². The maximum Gasteiger partial charge on any atom is 0.107 e. The number of H-pyrrole nitrogens is 1. The van der Waals surface area contributed by atoms with Crippen LogP contribution in [0.2, 0.25) is 0 Å². The number of fused-ring (bicyclic) bond motifs is 1. The number of imidazole rings is 1. The van der Waals surface area contributed by atoms with Crippen molar-refractivity contribution in [2.24, 2.45) is 5.92 Å². The van der Waals surface area contributed by atoms with Crippen molar-refractivity contribution < 1.29 is 0 Å². The summed E-state index contributed by atoms with van der Waals surface area (Å²) in [5.41, 5.74) is 3.45. The zero-order valence-electron chi connectivity index (χ0n) is 9.97. The van der Waals surface area contributed by atoms with Gasteiger partial charge in [0.2, 0.25) is 0 Å². The summed E-state index contributed by atoms with van der Waals surface area (Å²) in [6.07, 6.45) is 2.21. The highest BCUT2D eigenvalue weighted by Gasteiger charge is 2.06. The molecule has 2 rings (SSSR count). The minimum Gasteiger partial charge on any atom is -0.342 e. The van der Waals surface area contributed by atoms with Gasteiger partial charge >= 0.3 is 0 Å². The van der Waals surface area contributed by atoms with Crippen molar-refractivity contribution in [3.63, 3.8) is 0 Å². The van der Waals surface area contributed by atoms with Gasteiger partial charge in [-0.3, -0.25) is 0 Å². The number of nitrogens with one attached hydrogen (secondary N) is 1. The van der Waals surface area contributed by atoms with Gasteiger partial charge in [-0.25, -0.2) is 4.98 Å². The Kier molecular flexibility index (Phi) is 3.33. The van der Waals surface area contributed by atoms with Gasteiger partial charge in [-0.05, 0) is 37.0 Å². The predicted octanol–water partition coefficient (Wildman–Crippen LogP) is 4.22. The third-order valence-corrected chi connectivity index (χ3v) is 3.21. The van der Waals surface area contributed by atoms with Gasteiger partial charge in [0.1, 0.15) is 5.82 Å². The summed E-state index contributed by atoms with van der Waals surface area (Å²) >= 11 is 3.51. The van der Waals surface area contributed by atoms with Gasteiger partial charge in [0.25, 0.3) is 0 Å². The summed E-state index contributed by atoms with van der Waals surface area (Å²) in [5.74, 6) is 1.82. The second-order valence-electron chi connectivity index (χ2n) is 4.73. The van der Waals surface area contributed by atoms with E-state index in [2.05, 4.69) is 58.8 Å². The standard InChI is InChI=1S/C13H17BrN2/c1-8(2)4-5-12-15-11-7-10(14)6-9(3)13(11)16-12/h6-8H,4-5H2,1-3H3,(H,15,16). The second-order valence-corrected chi connectivity index (χ2v) is 5.65. The van der Waals surface area contributed by atoms with Crippen molar-refractivity contribution >= 4 is 27.0 Å². The van der Waals surface area contributed by atoms with E-state index < -0.39 is 0 Å². The average Bonchev–Trinajstić information content (AvgIpc) is 2.57. The number of hydrogen-bond donors (Lipinski definition) is 1. The molecule has 0 amide bonds. The Bertz CT molecular complexity index is 500. The van der Waals surface area contributed by atoms with E-state index in [1.54, 1.807) is 0 Å². The zero-order valence-corrected chi connectivity index (χ0v) is 11.6. The lowest BCUT2D eigenvalue weighted by Gasteiger charge is -2.00. The minimum atomic E-state index is 0.723. The number of aromatic amines is 1. The molecular weight excluding hydrogens is 264 g/mol. The Morgan fingerprint density at radius 2 is 2.12 bits per heavy atom. The van der Waals surface area contributed by atoms with Crippen LogP contribution >= 0.6 is 15.9 Å². The maximum absolute atomic E-state index is 4.65. The van der Waals surface area contributed by atoms with E-state index in [1.807, 2.05) is 0 Å². The van der Waals surface area contributed by atoms with E-state index in [9.17, 15) is 0 Å². The summed E-state index contributed by atoms with van der Waals surface area (Å²) in [5, 5.41) is 0. The Labute approximate surface area is 105 Å². The van der Waals surface area contributed by atoms with E-state index >= 15 is 0 Å². The molecule has 0 saturated heterocycles. The fourth-order valence-corrected chi connectivity index (χ4v) is 2.41. The molecule has 0 saturated carbocycles. The van der Waals surface area contributed by atoms with Gasteiger partial charge in [0, 0.05) is 10.9 Å². The predicted molar refractivity (Wildman–Crippen MR) is 71.7 cm³/mol. The molecule has 0 aliphatic heterocycles. The van der Waals surface area contributed by atoms with Crippen molar-refractivity contribution in [3.05, 3.63) is 28.0 Å². The first-order valence-electron chi connectivity index (χ1n) is 5.71. The van der Waals surface area contributed by atoms with E-state index in [0.717, 1.165) is 33.7 Å². The van der Waals surface area contributed by atoms with E-state index in [0.29, 0.717) is 0 Å². The lowest BCUT2D eigenvalue weighted by molar-refractivity contribution is 0.577. The molecule has 16 heavy (non-hydrogen) atoms. The molecule has 0 unspecified atom stereocenters. The molecule has 0 atom stereocenters. The molecule has 1 aromatic carbocycles. The third kappa shape index (κ3) is 2.46. The Morgan fingerprint density at radius 1 is 1.38 bits per heavy atom. The van der Waals surface area contributed by atoms with Crippen LogP contribution in [0.25, 0.3) is 11.0 Å². The molecule has 0 fully saturated rings. The summed E-state index contributed by atoms with van der Waals surface area (Å²) in [6.45, 7) is 6.58. The fraction of sp³-hybridized carbons (Fsp3) is 0.462. The number of rotatable bonds is 3. The SMILES string of the molecule is Cc1cc(Br)cc2[nH]c(CCC(C)C)nc12. The van der Waals surface area contributed by atoms with Gasteiger partial charge < -0.3 is 4.98 Å². The maximum atomic E-state index is 4.65. The van der Waals surface area contributed by atoms with Crippen molar-refractivity contribution in [2.75, 3.05) is 0 Å². The number of nitrogens with zero attached hydrogens (tertiary/aromatic N) is 1. The fourth-order valence-electron chi connectivity index (χ4n) is 1.84. The van der Waals surface area contributed by atoms with Gasteiger partial charge in [-0.1, -0.05) is 29.8 Å². The van der Waals surface area contributed by atoms with Crippen molar-refractivity contribution in [2.45, 2.75) is 33.6 Å². The lowest BCUT2D eigenvalue weighted by Crippen LogP contribution is -1.93. The van der Waals surface area contributed by atoms with Crippen LogP contribution < -0.4 is 0 Å². The third-order valence-electron chi connectivity index (χ3n) is 2.75. The molecule has 0 bridgehead atoms. The van der Waals surface area contributed by atoms with Crippen LogP contribution in [0, 0.1) is 12.8 Å². The topological polar surface area (TPSA) is 28.7 Å². The summed E-state index contributed by atoms with van der Waals surface area (Å²) in [6, 6.07) is 4.20. The van der Waals surface area contributed by atoms with Crippen LogP contribution in [-0.4, -0.2) is 9.97 Å². The van der Waals surface area contributed by atoms with Crippen molar-refractivity contribution in [3.8, 4) is 0 Å². The van der Waals surface area contributed by atoms with Crippen LogP contribution in [0.4, 0.5) is 0 Å². The number of hydrogen-bond acceptors (Lipinski definition) is 1. The molecule has 1 N–H and O–H groups in total. The van der Waals surface area contributed by atoms with Crippen molar-refractivity contribution in [1.82, 2.24) is 9.97 Å². The lowest BCUT2D eigenvalue weighted by atomic mass is 10.1. The highest BCUT2D eigenvalue weighted by Crippen LogP contribution is 2.22. The average molecular weight is 281 g/mol. The molecular formula is C13H17BrN2. The first-order valence-corrected chi connectivity index (χ1v) is 6.50. The largest absolute Gasteiger partial charge is 0.342 e. The molecule has 2 aromatic rings. The van der Waals surface area contributed by atoms with E-state index in [-0.39, 0.29) is 0 Å². The highest BCUT2D eigenvalue weighted by molar-refractivity contribution is 9.10. The van der Waals surface area contributed by atoms with Gasteiger partial charge in [-0.2, -0.15) is 0 Å². The zero-order chi connectivity index (χ0) is 11.7. The summed E-state index contributed by atoms with van der Waals surface area (Å²) < 4.78 is 1.11. The molecule has 86 valence electrons. The van der Waals surface area contributed by atoms with Crippen LogP contribution in [0.1, 0.15) is 31.7 Å². The second kappa shape index (κ2) is 4.58. The molecule has 3 heteroatoms. The number of halogens is 1. The number of aryl methyl sites for hydroxylation is 2. The molecule has 0 spiro atoms. The first-order chi connectivity index (χ1) is 7.56. The summed E-state index contributed by atoms with van der Waals surface area (Å²) in [4.78, 5) is 8.04. The molecule has 0 aliphatic carbocycles. The first kappa shape index (κ1) is 11.6. The number of benzene rings is 1. The Hall–Kier alpha value is -0.830. The van der Waals surface area contributed by atoms with Crippen LogP contribution in [0.3, 0.4) is 0 Å². The normalized spacial score (nSPS) is 11.6. The number of aromatic nitrogens is 2. The quantitative estimate of drug-likeness (QED) is 0.896. The van der Waals surface area contributed by atoms with E-state index in [4.69, 9.17) is 0 Å².